The van der Waals surface area contributed by atoms with Crippen LogP contribution in [0.2, 0.25) is 5.02 Å². The molecule has 128 valence electrons. The molecule has 1 unspecified atom stereocenters. The Balaban J connectivity index is 1.87. The van der Waals surface area contributed by atoms with Crippen LogP contribution in [0.15, 0.2) is 60.0 Å². The molecule has 1 amide bonds. The van der Waals surface area contributed by atoms with E-state index in [-0.39, 0.29) is 5.91 Å². The highest BCUT2D eigenvalue weighted by Gasteiger charge is 2.27. The van der Waals surface area contributed by atoms with E-state index in [4.69, 9.17) is 16.3 Å². The number of halogens is 1. The average molecular weight is 373 g/mol. The number of amides is 1. The van der Waals surface area contributed by atoms with E-state index in [1.165, 1.54) is 11.3 Å². The molecule has 25 heavy (non-hydrogen) atoms. The molecule has 2 aromatic carbocycles. The summed E-state index contributed by atoms with van der Waals surface area (Å²) in [5.41, 5.74) is 1.63. The summed E-state index contributed by atoms with van der Waals surface area (Å²) in [5.74, 6) is 0.407. The first-order valence-corrected chi connectivity index (χ1v) is 9.04. The number of anilines is 2. The zero-order valence-electron chi connectivity index (χ0n) is 13.8. The minimum absolute atomic E-state index is 0.185. The fourth-order valence-electron chi connectivity index (χ4n) is 2.30. The fraction of sp³-hybridized carbons (Fsp3) is 0.158. The highest BCUT2D eigenvalue weighted by Crippen LogP contribution is 2.30. The van der Waals surface area contributed by atoms with Crippen LogP contribution in [0, 0.1) is 6.92 Å². The van der Waals surface area contributed by atoms with Gasteiger partial charge in [0.2, 0.25) is 0 Å². The van der Waals surface area contributed by atoms with Crippen LogP contribution in [-0.2, 0) is 4.79 Å². The number of para-hydroxylation sites is 1. The number of carbonyl (C=O) groups is 1. The Labute approximate surface area is 155 Å². The topological polar surface area (TPSA) is 42.4 Å². The van der Waals surface area contributed by atoms with E-state index in [1.807, 2.05) is 42.6 Å². The van der Waals surface area contributed by atoms with Gasteiger partial charge in [-0.2, -0.15) is 0 Å². The van der Waals surface area contributed by atoms with Crippen molar-refractivity contribution in [3.63, 3.8) is 0 Å². The van der Waals surface area contributed by atoms with Crippen LogP contribution >= 0.6 is 22.9 Å². The predicted molar refractivity (Wildman–Crippen MR) is 102 cm³/mol. The first-order chi connectivity index (χ1) is 12.0. The van der Waals surface area contributed by atoms with E-state index in [2.05, 4.69) is 4.98 Å². The Morgan fingerprint density at radius 3 is 2.44 bits per heavy atom. The van der Waals surface area contributed by atoms with E-state index < -0.39 is 6.10 Å². The summed E-state index contributed by atoms with van der Waals surface area (Å²) >= 11 is 7.31. The maximum absolute atomic E-state index is 13.1. The third-order valence-corrected chi connectivity index (χ3v) is 4.70. The lowest BCUT2D eigenvalue weighted by molar-refractivity contribution is -0.123. The van der Waals surface area contributed by atoms with Gasteiger partial charge in [0.25, 0.3) is 5.91 Å². The molecule has 3 aromatic rings. The van der Waals surface area contributed by atoms with Crippen molar-refractivity contribution in [3.05, 3.63) is 70.7 Å². The summed E-state index contributed by atoms with van der Waals surface area (Å²) in [6.45, 7) is 3.63. The highest BCUT2D eigenvalue weighted by atomic mass is 35.5. The van der Waals surface area contributed by atoms with Gasteiger partial charge in [-0.05, 0) is 50.2 Å². The molecule has 0 fully saturated rings. The summed E-state index contributed by atoms with van der Waals surface area (Å²) in [7, 11) is 0. The molecule has 3 rings (SSSR count). The Hall–Kier alpha value is -2.37. The second-order valence-corrected chi connectivity index (χ2v) is 6.77. The van der Waals surface area contributed by atoms with Crippen molar-refractivity contribution in [2.24, 2.45) is 0 Å². The number of thiazole rings is 1. The molecular formula is C19H17ClN2O2S. The first-order valence-electron chi connectivity index (χ1n) is 7.78. The molecule has 6 heteroatoms. The third-order valence-electron chi connectivity index (χ3n) is 3.51. The first kappa shape index (κ1) is 17.5. The fourth-order valence-corrected chi connectivity index (χ4v) is 3.25. The van der Waals surface area contributed by atoms with E-state index in [0.717, 1.165) is 11.4 Å². The van der Waals surface area contributed by atoms with E-state index in [0.29, 0.717) is 15.9 Å². The zero-order chi connectivity index (χ0) is 17.8. The van der Waals surface area contributed by atoms with Crippen molar-refractivity contribution in [2.75, 3.05) is 4.90 Å². The second kappa shape index (κ2) is 7.68. The zero-order valence-corrected chi connectivity index (χ0v) is 15.4. The maximum Gasteiger partial charge on any atom is 0.274 e. The van der Waals surface area contributed by atoms with Gasteiger partial charge in [0.05, 0.1) is 11.4 Å². The van der Waals surface area contributed by atoms with Crippen LogP contribution in [0.1, 0.15) is 12.6 Å². The van der Waals surface area contributed by atoms with Crippen molar-refractivity contribution < 1.29 is 9.53 Å². The smallest absolute Gasteiger partial charge is 0.274 e. The molecule has 0 aliphatic heterocycles. The summed E-state index contributed by atoms with van der Waals surface area (Å²) in [6.07, 6.45) is -0.675. The number of nitrogens with zero attached hydrogens (tertiary/aromatic N) is 2. The van der Waals surface area contributed by atoms with Crippen LogP contribution in [0.25, 0.3) is 0 Å². The Kier molecular flexibility index (Phi) is 5.36. The molecule has 0 saturated heterocycles. The van der Waals surface area contributed by atoms with Crippen LogP contribution < -0.4 is 9.64 Å². The molecule has 1 aromatic heterocycles. The molecule has 4 nitrogen and oxygen atoms in total. The van der Waals surface area contributed by atoms with Crippen molar-refractivity contribution in [3.8, 4) is 5.75 Å². The van der Waals surface area contributed by atoms with Crippen LogP contribution in [0.3, 0.4) is 0 Å². The van der Waals surface area contributed by atoms with E-state index in [1.54, 1.807) is 36.1 Å². The average Bonchev–Trinajstić information content (AvgIpc) is 3.04. The summed E-state index contributed by atoms with van der Waals surface area (Å²) in [4.78, 5) is 19.1. The molecule has 0 aliphatic carbocycles. The molecule has 1 atom stereocenters. The molecule has 0 bridgehead atoms. The minimum atomic E-state index is -0.675. The van der Waals surface area contributed by atoms with Crippen molar-refractivity contribution in [1.29, 1.82) is 0 Å². The molecule has 0 saturated carbocycles. The maximum atomic E-state index is 13.1. The van der Waals surface area contributed by atoms with Gasteiger partial charge >= 0.3 is 0 Å². The summed E-state index contributed by atoms with van der Waals surface area (Å²) in [6, 6.07) is 16.4. The van der Waals surface area contributed by atoms with Gasteiger partial charge in [0.15, 0.2) is 11.2 Å². The Morgan fingerprint density at radius 1 is 1.16 bits per heavy atom. The number of benzene rings is 2. The number of hydrogen-bond acceptors (Lipinski definition) is 4. The predicted octanol–water partition coefficient (Wildman–Crippen LogP) is 5.24. The normalized spacial score (nSPS) is 11.8. The van der Waals surface area contributed by atoms with Gasteiger partial charge in [-0.25, -0.2) is 4.98 Å². The Morgan fingerprint density at radius 2 is 1.84 bits per heavy atom. The van der Waals surface area contributed by atoms with Gasteiger partial charge in [-0.3, -0.25) is 9.69 Å². The largest absolute Gasteiger partial charge is 0.481 e. The highest BCUT2D eigenvalue weighted by molar-refractivity contribution is 7.14. The quantitative estimate of drug-likeness (QED) is 0.615. The van der Waals surface area contributed by atoms with Gasteiger partial charge in [0, 0.05) is 10.4 Å². The van der Waals surface area contributed by atoms with Gasteiger partial charge in [-0.1, -0.05) is 29.8 Å². The van der Waals surface area contributed by atoms with Gasteiger partial charge in [0.1, 0.15) is 5.75 Å². The number of carbonyl (C=O) groups excluding carboxylic acids is 1. The number of aromatic nitrogens is 1. The molecule has 0 aliphatic rings. The molecule has 0 N–H and O–H groups in total. The number of aryl methyl sites for hydroxylation is 1. The van der Waals surface area contributed by atoms with Gasteiger partial charge < -0.3 is 4.74 Å². The minimum Gasteiger partial charge on any atom is -0.481 e. The molecular weight excluding hydrogens is 356 g/mol. The lowest BCUT2D eigenvalue weighted by Crippen LogP contribution is -2.37. The second-order valence-electron chi connectivity index (χ2n) is 5.49. The van der Waals surface area contributed by atoms with Crippen LogP contribution in [-0.4, -0.2) is 17.0 Å². The standard InChI is InChI=1S/C19H17ClN2O2S/c1-13-12-25-19(21-13)22(16-6-4-3-5-7-16)18(23)14(2)24-17-10-8-15(20)9-11-17/h3-12,14H,1-2H3. The lowest BCUT2D eigenvalue weighted by Gasteiger charge is -2.24. The molecule has 0 spiro atoms. The number of ether oxygens (including phenoxy) is 1. The van der Waals surface area contributed by atoms with Crippen molar-refractivity contribution in [2.45, 2.75) is 20.0 Å². The monoisotopic (exact) mass is 372 g/mol. The van der Waals surface area contributed by atoms with Crippen LogP contribution in [0.5, 0.6) is 5.75 Å². The summed E-state index contributed by atoms with van der Waals surface area (Å²) in [5, 5.41) is 3.17. The summed E-state index contributed by atoms with van der Waals surface area (Å²) < 4.78 is 5.79. The van der Waals surface area contributed by atoms with E-state index in [9.17, 15) is 4.79 Å². The third kappa shape index (κ3) is 4.18. The van der Waals surface area contributed by atoms with Gasteiger partial charge in [-0.15, -0.1) is 11.3 Å². The Bertz CT molecular complexity index is 849. The van der Waals surface area contributed by atoms with Crippen LogP contribution in [0.4, 0.5) is 10.8 Å². The van der Waals surface area contributed by atoms with Crippen molar-refractivity contribution in [1.82, 2.24) is 4.98 Å². The lowest BCUT2D eigenvalue weighted by atomic mass is 10.2. The SMILES string of the molecule is Cc1csc(N(C(=O)C(C)Oc2ccc(Cl)cc2)c2ccccc2)n1. The number of rotatable bonds is 5. The van der Waals surface area contributed by atoms with E-state index >= 15 is 0 Å². The molecule has 1 heterocycles. The molecule has 0 radical (unpaired) electrons. The van der Waals surface area contributed by atoms with Crippen molar-refractivity contribution >= 4 is 39.7 Å². The number of hydrogen-bond donors (Lipinski definition) is 0.